The van der Waals surface area contributed by atoms with Crippen LogP contribution in [0.3, 0.4) is 0 Å². The van der Waals surface area contributed by atoms with Crippen LogP contribution in [0.1, 0.15) is 47.9 Å². The average molecular weight is 537 g/mol. The second-order valence-electron chi connectivity index (χ2n) is 9.84. The summed E-state index contributed by atoms with van der Waals surface area (Å²) in [7, 11) is 2.33. The van der Waals surface area contributed by atoms with Gasteiger partial charge in [0.1, 0.15) is 18.1 Å². The summed E-state index contributed by atoms with van der Waals surface area (Å²) in [6, 6.07) is 10.2. The van der Waals surface area contributed by atoms with Gasteiger partial charge in [-0.3, -0.25) is 4.79 Å². The molecular formula is C29H28O10. The molecule has 3 aliphatic rings. The van der Waals surface area contributed by atoms with Gasteiger partial charge in [0.25, 0.3) is 5.78 Å². The summed E-state index contributed by atoms with van der Waals surface area (Å²) in [5.74, 6) is -2.99. The lowest BCUT2D eigenvalue weighted by Gasteiger charge is -2.39. The zero-order valence-corrected chi connectivity index (χ0v) is 22.0. The second-order valence-corrected chi connectivity index (χ2v) is 9.84. The highest BCUT2D eigenvalue weighted by molar-refractivity contribution is 6.38. The Hall–Kier alpha value is -4.34. The third-order valence-corrected chi connectivity index (χ3v) is 7.78. The molecule has 0 amide bonds. The Balaban J connectivity index is 1.79. The van der Waals surface area contributed by atoms with E-state index in [9.17, 15) is 19.2 Å². The number of rotatable bonds is 5. The number of hydrogen-bond acceptors (Lipinski definition) is 10. The number of carbonyl (C=O) groups excluding carboxylic acids is 4. The Morgan fingerprint density at radius 2 is 1.72 bits per heavy atom. The monoisotopic (exact) mass is 536 g/mol. The van der Waals surface area contributed by atoms with Crippen molar-refractivity contribution in [3.05, 3.63) is 64.7 Å². The van der Waals surface area contributed by atoms with Crippen LogP contribution in [0.4, 0.5) is 0 Å². The summed E-state index contributed by atoms with van der Waals surface area (Å²) >= 11 is 0. The molecule has 0 fully saturated rings. The molecule has 2 heterocycles. The maximum Gasteiger partial charge on any atom is 0.375 e. The highest BCUT2D eigenvalue weighted by Crippen LogP contribution is 2.59. The molecular weight excluding hydrogens is 508 g/mol. The fraction of sp³-hybridized carbons (Fsp3) is 0.379. The van der Waals surface area contributed by atoms with E-state index in [-0.39, 0.29) is 48.7 Å². The van der Waals surface area contributed by atoms with Crippen LogP contribution in [0.2, 0.25) is 0 Å². The number of Topliss-reactive ketones (excluding diaryl/α,β-unsaturated/α-hetero) is 1. The van der Waals surface area contributed by atoms with Crippen LogP contribution in [0.15, 0.2) is 48.0 Å². The van der Waals surface area contributed by atoms with Gasteiger partial charge < -0.3 is 28.4 Å². The van der Waals surface area contributed by atoms with Crippen LogP contribution >= 0.6 is 0 Å². The number of hydrogen-bond donors (Lipinski definition) is 0. The zero-order chi connectivity index (χ0) is 27.9. The summed E-state index contributed by atoms with van der Waals surface area (Å²) in [6.45, 7) is 3.46. The predicted octanol–water partition coefficient (Wildman–Crippen LogP) is 3.46. The normalized spacial score (nSPS) is 25.5. The Kier molecular flexibility index (Phi) is 6.80. The van der Waals surface area contributed by atoms with Crippen LogP contribution in [0, 0.1) is 11.8 Å². The Bertz CT molecular complexity index is 1380. The predicted molar refractivity (Wildman–Crippen MR) is 134 cm³/mol. The van der Waals surface area contributed by atoms with Gasteiger partial charge in [-0.2, -0.15) is 0 Å². The number of fused-ring (bicyclic) bond motifs is 2. The Morgan fingerprint density at radius 3 is 2.41 bits per heavy atom. The van der Waals surface area contributed by atoms with Gasteiger partial charge in [-0.25, -0.2) is 14.4 Å². The van der Waals surface area contributed by atoms with E-state index in [1.54, 1.807) is 36.4 Å². The molecule has 0 saturated heterocycles. The van der Waals surface area contributed by atoms with E-state index < -0.39 is 35.2 Å². The molecule has 5 rings (SSSR count). The molecule has 4 unspecified atom stereocenters. The van der Waals surface area contributed by atoms with Gasteiger partial charge in [0, 0.05) is 23.1 Å². The molecule has 2 aromatic rings. The molecule has 2 aromatic carbocycles. The summed E-state index contributed by atoms with van der Waals surface area (Å²) in [5, 5.41) is 0. The van der Waals surface area contributed by atoms with Gasteiger partial charge in [0.15, 0.2) is 11.5 Å². The molecule has 2 aliphatic heterocycles. The van der Waals surface area contributed by atoms with Crippen molar-refractivity contribution in [1.82, 2.24) is 0 Å². The van der Waals surface area contributed by atoms with Crippen molar-refractivity contribution in [2.45, 2.75) is 31.8 Å². The van der Waals surface area contributed by atoms with Crippen molar-refractivity contribution >= 4 is 23.7 Å². The average Bonchev–Trinajstić information content (AvgIpc) is 3.59. The van der Waals surface area contributed by atoms with Gasteiger partial charge >= 0.3 is 17.9 Å². The summed E-state index contributed by atoms with van der Waals surface area (Å²) in [6.07, 6.45) is 0.574. The third-order valence-electron chi connectivity index (χ3n) is 7.78. The van der Waals surface area contributed by atoms with Crippen molar-refractivity contribution in [1.29, 1.82) is 0 Å². The lowest BCUT2D eigenvalue weighted by atomic mass is 9.63. The van der Waals surface area contributed by atoms with Crippen LogP contribution < -0.4 is 14.2 Å². The highest BCUT2D eigenvalue weighted by Gasteiger charge is 2.58. The first kappa shape index (κ1) is 26.3. The fourth-order valence-corrected chi connectivity index (χ4v) is 5.53. The third kappa shape index (κ3) is 4.20. The quantitative estimate of drug-likeness (QED) is 0.243. The van der Waals surface area contributed by atoms with E-state index in [1.807, 2.05) is 13.8 Å². The van der Waals surface area contributed by atoms with Crippen molar-refractivity contribution in [3.63, 3.8) is 0 Å². The minimum atomic E-state index is -1.75. The van der Waals surface area contributed by atoms with E-state index in [2.05, 4.69) is 0 Å². The van der Waals surface area contributed by atoms with E-state index in [0.29, 0.717) is 22.4 Å². The van der Waals surface area contributed by atoms with E-state index in [0.717, 1.165) is 7.11 Å². The molecule has 10 nitrogen and oxygen atoms in total. The highest BCUT2D eigenvalue weighted by atomic mass is 16.7. The molecule has 0 bridgehead atoms. The van der Waals surface area contributed by atoms with Crippen molar-refractivity contribution in [2.24, 2.45) is 11.8 Å². The van der Waals surface area contributed by atoms with E-state index in [4.69, 9.17) is 28.4 Å². The fourth-order valence-electron chi connectivity index (χ4n) is 5.53. The standard InChI is InChI=1S/C29H28O10/c1-15-10-18(11-21(30)34-3)29(26(31)28(33)35-4)13-36-25-22(29)19(12-20-24(25)38-14-37-20)23(16(15)2)39-27(32)17-8-6-5-7-9-17/h5-9,11-12,15-16,23H,10,13-14H2,1-4H3/b18-11-. The molecule has 0 aromatic heterocycles. The lowest BCUT2D eigenvalue weighted by molar-refractivity contribution is -0.154. The summed E-state index contributed by atoms with van der Waals surface area (Å²) in [4.78, 5) is 52.6. The molecule has 0 radical (unpaired) electrons. The molecule has 39 heavy (non-hydrogen) atoms. The maximum atomic E-state index is 13.9. The molecule has 10 heteroatoms. The van der Waals surface area contributed by atoms with Crippen molar-refractivity contribution < 1.29 is 47.6 Å². The van der Waals surface area contributed by atoms with Crippen LogP contribution in [-0.2, 0) is 34.0 Å². The Labute approximate surface area is 224 Å². The van der Waals surface area contributed by atoms with Gasteiger partial charge in [-0.05, 0) is 36.1 Å². The molecule has 1 aliphatic carbocycles. The minimum absolute atomic E-state index is 0.0855. The van der Waals surface area contributed by atoms with Gasteiger partial charge in [0.2, 0.25) is 12.5 Å². The van der Waals surface area contributed by atoms with Gasteiger partial charge in [-0.1, -0.05) is 32.0 Å². The van der Waals surface area contributed by atoms with Crippen LogP contribution in [0.25, 0.3) is 0 Å². The largest absolute Gasteiger partial charge is 0.487 e. The van der Waals surface area contributed by atoms with Crippen LogP contribution in [0.5, 0.6) is 17.2 Å². The number of ether oxygens (including phenoxy) is 6. The second kappa shape index (κ2) is 10.1. The molecule has 0 spiro atoms. The minimum Gasteiger partial charge on any atom is -0.487 e. The number of esters is 3. The SMILES string of the molecule is COC(=O)/C=C1/CC(C)C(C)C(OC(=O)c2ccccc2)c2cc3c(c4c2C1(C(=O)C(=O)OC)CO4)OCO3. The molecule has 0 saturated carbocycles. The summed E-state index contributed by atoms with van der Waals surface area (Å²) in [5.41, 5.74) is -0.365. The van der Waals surface area contributed by atoms with E-state index in [1.165, 1.54) is 13.2 Å². The van der Waals surface area contributed by atoms with Gasteiger partial charge in [-0.15, -0.1) is 0 Å². The van der Waals surface area contributed by atoms with Crippen molar-refractivity contribution in [2.75, 3.05) is 27.6 Å². The van der Waals surface area contributed by atoms with E-state index >= 15 is 0 Å². The maximum absolute atomic E-state index is 13.9. The number of methoxy groups -OCH3 is 2. The first-order valence-corrected chi connectivity index (χ1v) is 12.5. The molecule has 204 valence electrons. The van der Waals surface area contributed by atoms with Gasteiger partial charge in [0.05, 0.1) is 19.8 Å². The summed E-state index contributed by atoms with van der Waals surface area (Å²) < 4.78 is 33.3. The zero-order valence-electron chi connectivity index (χ0n) is 22.0. The first-order valence-electron chi connectivity index (χ1n) is 12.5. The molecule has 4 atom stereocenters. The van der Waals surface area contributed by atoms with Crippen molar-refractivity contribution in [3.8, 4) is 17.2 Å². The Morgan fingerprint density at radius 1 is 0.974 bits per heavy atom. The first-order chi connectivity index (χ1) is 18.7. The van der Waals surface area contributed by atoms with Crippen LogP contribution in [-0.4, -0.2) is 51.3 Å². The molecule has 0 N–H and O–H groups in total. The smallest absolute Gasteiger partial charge is 0.375 e. The topological polar surface area (TPSA) is 124 Å². The number of carbonyl (C=O) groups is 4. The lowest BCUT2D eigenvalue weighted by Crippen LogP contribution is -2.47. The number of benzene rings is 2. The number of ketones is 1.